The number of carbonyl (C=O) groups is 1. The van der Waals surface area contributed by atoms with Crippen LogP contribution < -0.4 is 4.90 Å². The molecule has 1 aliphatic heterocycles. The summed E-state index contributed by atoms with van der Waals surface area (Å²) in [4.78, 5) is 16.3. The molecule has 104 valence electrons. The van der Waals surface area contributed by atoms with Crippen molar-refractivity contribution in [2.75, 3.05) is 31.1 Å². The molecule has 0 N–H and O–H groups in total. The van der Waals surface area contributed by atoms with Crippen molar-refractivity contribution in [2.24, 2.45) is 0 Å². The van der Waals surface area contributed by atoms with Crippen molar-refractivity contribution >= 4 is 11.6 Å². The minimum atomic E-state index is 0.308. The summed E-state index contributed by atoms with van der Waals surface area (Å²) in [7, 11) is 0. The summed E-state index contributed by atoms with van der Waals surface area (Å²) in [6.45, 7) is 9.94. The Morgan fingerprint density at radius 2 is 1.84 bits per heavy atom. The Labute approximate surface area is 116 Å². The molecule has 1 aliphatic rings. The van der Waals surface area contributed by atoms with Gasteiger partial charge in [0.2, 0.25) is 5.91 Å². The Balaban J connectivity index is 2.00. The number of benzene rings is 1. The Morgan fingerprint density at radius 1 is 1.16 bits per heavy atom. The molecule has 19 heavy (non-hydrogen) atoms. The second kappa shape index (κ2) is 6.09. The van der Waals surface area contributed by atoms with Crippen molar-refractivity contribution < 1.29 is 4.79 Å². The van der Waals surface area contributed by atoms with Gasteiger partial charge >= 0.3 is 0 Å². The van der Waals surface area contributed by atoms with Gasteiger partial charge in [-0.3, -0.25) is 4.79 Å². The number of aryl methyl sites for hydroxylation is 2. The van der Waals surface area contributed by atoms with Gasteiger partial charge in [-0.25, -0.2) is 0 Å². The summed E-state index contributed by atoms with van der Waals surface area (Å²) in [6.07, 6.45) is 1.62. The first-order valence-corrected chi connectivity index (χ1v) is 7.21. The number of hydrogen-bond acceptors (Lipinski definition) is 2. The van der Waals surface area contributed by atoms with Crippen LogP contribution in [0.1, 0.15) is 30.9 Å². The third kappa shape index (κ3) is 3.28. The molecule has 1 saturated heterocycles. The third-order valence-corrected chi connectivity index (χ3v) is 3.80. The van der Waals surface area contributed by atoms with E-state index >= 15 is 0 Å². The van der Waals surface area contributed by atoms with Gasteiger partial charge in [-0.05, 0) is 37.5 Å². The highest BCUT2D eigenvalue weighted by Gasteiger charge is 2.21. The molecule has 3 nitrogen and oxygen atoms in total. The molecule has 0 bridgehead atoms. The molecule has 3 heteroatoms. The Kier molecular flexibility index (Phi) is 4.46. The Bertz CT molecular complexity index is 448. The zero-order valence-electron chi connectivity index (χ0n) is 12.3. The van der Waals surface area contributed by atoms with Crippen LogP contribution in [-0.2, 0) is 4.79 Å². The first-order valence-electron chi connectivity index (χ1n) is 7.21. The lowest BCUT2D eigenvalue weighted by molar-refractivity contribution is -0.131. The molecule has 1 amide bonds. The lowest BCUT2D eigenvalue weighted by Gasteiger charge is -2.37. The van der Waals surface area contributed by atoms with Gasteiger partial charge in [0.25, 0.3) is 0 Å². The lowest BCUT2D eigenvalue weighted by atomic mass is 10.1. The minimum Gasteiger partial charge on any atom is -0.368 e. The predicted molar refractivity (Wildman–Crippen MR) is 79.6 cm³/mol. The van der Waals surface area contributed by atoms with Crippen LogP contribution >= 0.6 is 0 Å². The normalized spacial score (nSPS) is 15.7. The van der Waals surface area contributed by atoms with E-state index in [2.05, 4.69) is 43.9 Å². The first kappa shape index (κ1) is 13.9. The van der Waals surface area contributed by atoms with Crippen LogP contribution in [0.4, 0.5) is 5.69 Å². The molecule has 1 aromatic carbocycles. The number of carbonyl (C=O) groups excluding carboxylic acids is 1. The van der Waals surface area contributed by atoms with Gasteiger partial charge in [-0.15, -0.1) is 0 Å². The SMILES string of the molecule is CCCC(=O)N1CCN(c2cc(C)ccc2C)CC1. The molecule has 0 aromatic heterocycles. The standard InChI is InChI=1S/C16H24N2O/c1-4-5-16(19)18-10-8-17(9-11-18)15-12-13(2)6-7-14(15)3/h6-7,12H,4-5,8-11H2,1-3H3. The van der Waals surface area contributed by atoms with Crippen molar-refractivity contribution in [3.8, 4) is 0 Å². The summed E-state index contributed by atoms with van der Waals surface area (Å²) >= 11 is 0. The average Bonchev–Trinajstić information content (AvgIpc) is 2.42. The average molecular weight is 260 g/mol. The van der Waals surface area contributed by atoms with Gasteiger partial charge in [0.05, 0.1) is 0 Å². The van der Waals surface area contributed by atoms with Gasteiger partial charge in [-0.1, -0.05) is 19.1 Å². The number of anilines is 1. The maximum atomic E-state index is 11.9. The fraction of sp³-hybridized carbons (Fsp3) is 0.562. The van der Waals surface area contributed by atoms with Crippen molar-refractivity contribution in [3.63, 3.8) is 0 Å². The van der Waals surface area contributed by atoms with E-state index < -0.39 is 0 Å². The van der Waals surface area contributed by atoms with E-state index in [4.69, 9.17) is 0 Å². The van der Waals surface area contributed by atoms with Gasteiger partial charge in [0.1, 0.15) is 0 Å². The molecule has 1 heterocycles. The van der Waals surface area contributed by atoms with Gasteiger partial charge in [0, 0.05) is 38.3 Å². The predicted octanol–water partition coefficient (Wildman–Crippen LogP) is 2.75. The maximum absolute atomic E-state index is 11.9. The zero-order valence-corrected chi connectivity index (χ0v) is 12.3. The summed E-state index contributed by atoms with van der Waals surface area (Å²) in [5.41, 5.74) is 3.94. The molecule has 1 aromatic rings. The minimum absolute atomic E-state index is 0.308. The molecule has 0 atom stereocenters. The first-order chi connectivity index (χ1) is 9.11. The molecular formula is C16H24N2O. The summed E-state index contributed by atoms with van der Waals surface area (Å²) in [6, 6.07) is 6.58. The smallest absolute Gasteiger partial charge is 0.222 e. The Hall–Kier alpha value is -1.51. The van der Waals surface area contributed by atoms with E-state index in [9.17, 15) is 4.79 Å². The van der Waals surface area contributed by atoms with E-state index in [1.165, 1.54) is 16.8 Å². The van der Waals surface area contributed by atoms with Crippen LogP contribution in [0.5, 0.6) is 0 Å². The molecule has 0 saturated carbocycles. The third-order valence-electron chi connectivity index (χ3n) is 3.80. The molecule has 0 unspecified atom stereocenters. The number of nitrogens with zero attached hydrogens (tertiary/aromatic N) is 2. The van der Waals surface area contributed by atoms with Gasteiger partial charge in [0.15, 0.2) is 0 Å². The van der Waals surface area contributed by atoms with Crippen LogP contribution in [0.25, 0.3) is 0 Å². The van der Waals surface area contributed by atoms with Crippen LogP contribution in [0.3, 0.4) is 0 Å². The second-order valence-corrected chi connectivity index (χ2v) is 5.41. The molecule has 2 rings (SSSR count). The topological polar surface area (TPSA) is 23.6 Å². The molecule has 0 spiro atoms. The van der Waals surface area contributed by atoms with Crippen LogP contribution in [-0.4, -0.2) is 37.0 Å². The largest absolute Gasteiger partial charge is 0.368 e. The maximum Gasteiger partial charge on any atom is 0.222 e. The van der Waals surface area contributed by atoms with Crippen molar-refractivity contribution in [3.05, 3.63) is 29.3 Å². The van der Waals surface area contributed by atoms with Crippen molar-refractivity contribution in [2.45, 2.75) is 33.6 Å². The van der Waals surface area contributed by atoms with E-state index in [0.717, 1.165) is 32.6 Å². The fourth-order valence-electron chi connectivity index (χ4n) is 2.63. The lowest BCUT2D eigenvalue weighted by Crippen LogP contribution is -2.48. The van der Waals surface area contributed by atoms with Crippen molar-refractivity contribution in [1.82, 2.24) is 4.90 Å². The quantitative estimate of drug-likeness (QED) is 0.834. The van der Waals surface area contributed by atoms with E-state index in [1.807, 2.05) is 4.90 Å². The number of amides is 1. The van der Waals surface area contributed by atoms with E-state index in [0.29, 0.717) is 12.3 Å². The van der Waals surface area contributed by atoms with Gasteiger partial charge < -0.3 is 9.80 Å². The zero-order chi connectivity index (χ0) is 13.8. The van der Waals surface area contributed by atoms with E-state index in [1.54, 1.807) is 0 Å². The van der Waals surface area contributed by atoms with Crippen LogP contribution in [0.2, 0.25) is 0 Å². The summed E-state index contributed by atoms with van der Waals surface area (Å²) in [5.74, 6) is 0.308. The summed E-state index contributed by atoms with van der Waals surface area (Å²) < 4.78 is 0. The highest BCUT2D eigenvalue weighted by Crippen LogP contribution is 2.22. The van der Waals surface area contributed by atoms with Crippen LogP contribution in [0, 0.1) is 13.8 Å². The van der Waals surface area contributed by atoms with Crippen LogP contribution in [0.15, 0.2) is 18.2 Å². The molecule has 0 aliphatic carbocycles. The molecular weight excluding hydrogens is 236 g/mol. The highest BCUT2D eigenvalue weighted by atomic mass is 16.2. The second-order valence-electron chi connectivity index (χ2n) is 5.41. The number of hydrogen-bond donors (Lipinski definition) is 0. The van der Waals surface area contributed by atoms with Crippen molar-refractivity contribution in [1.29, 1.82) is 0 Å². The fourth-order valence-corrected chi connectivity index (χ4v) is 2.63. The molecule has 0 radical (unpaired) electrons. The number of rotatable bonds is 3. The van der Waals surface area contributed by atoms with Gasteiger partial charge in [-0.2, -0.15) is 0 Å². The van der Waals surface area contributed by atoms with E-state index in [-0.39, 0.29) is 0 Å². The highest BCUT2D eigenvalue weighted by molar-refractivity contribution is 5.76. The Morgan fingerprint density at radius 3 is 2.47 bits per heavy atom. The summed E-state index contributed by atoms with van der Waals surface area (Å²) in [5, 5.41) is 0. The monoisotopic (exact) mass is 260 g/mol. The number of piperazine rings is 1. The molecule has 1 fully saturated rings.